The van der Waals surface area contributed by atoms with Gasteiger partial charge in [0.15, 0.2) is 0 Å². The molecule has 0 aliphatic carbocycles. The van der Waals surface area contributed by atoms with Gasteiger partial charge in [-0.25, -0.2) is 10.9 Å². The van der Waals surface area contributed by atoms with Crippen molar-refractivity contribution in [3.8, 4) is 0 Å². The largest absolute Gasteiger partial charge is 0.273 e. The van der Waals surface area contributed by atoms with Crippen molar-refractivity contribution in [1.29, 1.82) is 0 Å². The van der Waals surface area contributed by atoms with Gasteiger partial charge in [-0.15, -0.1) is 0 Å². The van der Waals surface area contributed by atoms with Crippen molar-refractivity contribution in [1.82, 2.24) is 10.9 Å². The average Bonchev–Trinajstić information content (AvgIpc) is 2.59. The lowest BCUT2D eigenvalue weighted by molar-refractivity contribution is -0.129. The molecule has 6 heteroatoms. The normalized spacial score (nSPS) is 11.2. The van der Waals surface area contributed by atoms with Crippen molar-refractivity contribution >= 4 is 24.2 Å². The lowest BCUT2D eigenvalue weighted by Gasteiger charge is -2.07. The zero-order chi connectivity index (χ0) is 21.6. The van der Waals surface area contributed by atoms with Gasteiger partial charge < -0.3 is 0 Å². The fraction of sp³-hybridized carbons (Fsp3) is 0.304. The summed E-state index contributed by atoms with van der Waals surface area (Å²) >= 11 is 0. The molecule has 2 N–H and O–H groups in total. The van der Waals surface area contributed by atoms with Crippen LogP contribution in [-0.4, -0.2) is 24.2 Å². The number of hydrazone groups is 2. The number of benzene rings is 2. The Morgan fingerprint density at radius 2 is 1.00 bits per heavy atom. The Morgan fingerprint density at radius 3 is 1.31 bits per heavy atom. The van der Waals surface area contributed by atoms with E-state index in [9.17, 15) is 9.59 Å². The van der Waals surface area contributed by atoms with Gasteiger partial charge in [0.1, 0.15) is 6.42 Å². The van der Waals surface area contributed by atoms with Gasteiger partial charge in [-0.1, -0.05) is 35.4 Å². The third-order valence-electron chi connectivity index (χ3n) is 4.56. The van der Waals surface area contributed by atoms with E-state index < -0.39 is 11.8 Å². The Hall–Kier alpha value is -3.28. The van der Waals surface area contributed by atoms with Gasteiger partial charge in [-0.2, -0.15) is 10.2 Å². The van der Waals surface area contributed by atoms with E-state index in [0.717, 1.165) is 33.4 Å². The maximum atomic E-state index is 11.9. The van der Waals surface area contributed by atoms with Gasteiger partial charge in [-0.05, 0) is 63.8 Å². The first-order valence-corrected chi connectivity index (χ1v) is 9.47. The van der Waals surface area contributed by atoms with E-state index >= 15 is 0 Å². The van der Waals surface area contributed by atoms with E-state index in [1.54, 1.807) is 12.4 Å². The van der Waals surface area contributed by atoms with Crippen LogP contribution in [0.15, 0.2) is 34.5 Å². The lowest BCUT2D eigenvalue weighted by atomic mass is 10.0. The molecular weight excluding hydrogens is 364 g/mol. The van der Waals surface area contributed by atoms with E-state index in [-0.39, 0.29) is 6.42 Å². The highest BCUT2D eigenvalue weighted by molar-refractivity contribution is 5.97. The monoisotopic (exact) mass is 392 g/mol. The number of carbonyl (C=O) groups excluding carboxylic acids is 2. The van der Waals surface area contributed by atoms with Crippen LogP contribution >= 0.6 is 0 Å². The molecule has 2 rings (SSSR count). The summed E-state index contributed by atoms with van der Waals surface area (Å²) in [6.45, 7) is 12.0. The first kappa shape index (κ1) is 22.0. The molecule has 29 heavy (non-hydrogen) atoms. The Balaban J connectivity index is 1.88. The summed E-state index contributed by atoms with van der Waals surface area (Å²) in [5, 5.41) is 7.92. The fourth-order valence-electron chi connectivity index (χ4n) is 3.35. The van der Waals surface area contributed by atoms with Gasteiger partial charge >= 0.3 is 0 Å². The Kier molecular flexibility index (Phi) is 7.42. The molecule has 6 nitrogen and oxygen atoms in total. The molecule has 0 aliphatic rings. The number of hydrogen-bond donors (Lipinski definition) is 2. The minimum atomic E-state index is -0.501. The minimum absolute atomic E-state index is 0.355. The Bertz CT molecular complexity index is 865. The molecule has 0 heterocycles. The highest BCUT2D eigenvalue weighted by Gasteiger charge is 2.08. The SMILES string of the molecule is Cc1cc(C)c(/C=N/NC(=O)CC(=O)N/N=C/c2c(C)cc(C)cc2C)c(C)c1. The molecular formula is C23H28N4O2. The van der Waals surface area contributed by atoms with Crippen LogP contribution in [0.25, 0.3) is 0 Å². The highest BCUT2D eigenvalue weighted by Crippen LogP contribution is 2.15. The summed E-state index contributed by atoms with van der Waals surface area (Å²) in [4.78, 5) is 23.8. The van der Waals surface area contributed by atoms with Crippen LogP contribution in [0.5, 0.6) is 0 Å². The number of nitrogens with one attached hydrogen (secondary N) is 2. The maximum Gasteiger partial charge on any atom is 0.249 e. The van der Waals surface area contributed by atoms with Crippen molar-refractivity contribution in [3.63, 3.8) is 0 Å². The molecule has 0 fully saturated rings. The fourth-order valence-corrected chi connectivity index (χ4v) is 3.35. The molecule has 152 valence electrons. The molecule has 0 atom stereocenters. The zero-order valence-corrected chi connectivity index (χ0v) is 17.9. The van der Waals surface area contributed by atoms with Gasteiger partial charge in [-0.3, -0.25) is 9.59 Å². The first-order chi connectivity index (χ1) is 13.7. The summed E-state index contributed by atoms with van der Waals surface area (Å²) in [7, 11) is 0. The third-order valence-corrected chi connectivity index (χ3v) is 4.56. The van der Waals surface area contributed by atoms with Crippen LogP contribution in [0.1, 0.15) is 50.9 Å². The van der Waals surface area contributed by atoms with Crippen LogP contribution in [0.2, 0.25) is 0 Å². The summed E-state index contributed by atoms with van der Waals surface area (Å²) in [6, 6.07) is 8.22. The summed E-state index contributed by atoms with van der Waals surface area (Å²) in [6.07, 6.45) is 2.84. The van der Waals surface area contributed by atoms with Crippen LogP contribution in [0.4, 0.5) is 0 Å². The van der Waals surface area contributed by atoms with Gasteiger partial charge in [0.05, 0.1) is 12.4 Å². The highest BCUT2D eigenvalue weighted by atomic mass is 16.2. The standard InChI is InChI=1S/C23H28N4O2/c1-14-7-16(3)20(17(4)8-14)12-24-26-22(28)11-23(29)27-25-13-21-18(5)9-15(2)10-19(21)6/h7-10,12-13H,11H2,1-6H3,(H,26,28)(H,27,29)/b24-12+,25-13+. The Labute approximate surface area is 172 Å². The van der Waals surface area contributed by atoms with E-state index in [1.807, 2.05) is 41.5 Å². The molecule has 2 aromatic rings. The summed E-state index contributed by atoms with van der Waals surface area (Å²) in [5.74, 6) is -1.00. The molecule has 2 amide bonds. The average molecular weight is 393 g/mol. The quantitative estimate of drug-likeness (QED) is 0.448. The van der Waals surface area contributed by atoms with Gasteiger partial charge in [0, 0.05) is 11.1 Å². The predicted molar refractivity (Wildman–Crippen MR) is 117 cm³/mol. The molecule has 0 radical (unpaired) electrons. The summed E-state index contributed by atoms with van der Waals surface area (Å²) < 4.78 is 0. The summed E-state index contributed by atoms with van der Waals surface area (Å²) in [5.41, 5.74) is 13.3. The zero-order valence-electron chi connectivity index (χ0n) is 17.9. The van der Waals surface area contributed by atoms with Crippen LogP contribution in [0, 0.1) is 41.5 Å². The van der Waals surface area contributed by atoms with Crippen LogP contribution in [0.3, 0.4) is 0 Å². The predicted octanol–water partition coefficient (Wildman–Crippen LogP) is 3.53. The number of carbonyl (C=O) groups is 2. The molecule has 0 bridgehead atoms. The maximum absolute atomic E-state index is 11.9. The van der Waals surface area contributed by atoms with Crippen molar-refractivity contribution in [3.05, 3.63) is 68.8 Å². The van der Waals surface area contributed by atoms with E-state index in [2.05, 4.69) is 45.3 Å². The van der Waals surface area contributed by atoms with Crippen molar-refractivity contribution in [2.45, 2.75) is 48.0 Å². The number of amides is 2. The van der Waals surface area contributed by atoms with Gasteiger partial charge in [0.25, 0.3) is 0 Å². The molecule has 0 spiro atoms. The van der Waals surface area contributed by atoms with E-state index in [4.69, 9.17) is 0 Å². The van der Waals surface area contributed by atoms with Crippen molar-refractivity contribution < 1.29 is 9.59 Å². The molecule has 2 aromatic carbocycles. The number of nitrogens with zero attached hydrogens (tertiary/aromatic N) is 2. The number of hydrogen-bond acceptors (Lipinski definition) is 4. The minimum Gasteiger partial charge on any atom is -0.273 e. The molecule has 0 saturated heterocycles. The molecule has 0 aromatic heterocycles. The first-order valence-electron chi connectivity index (χ1n) is 9.47. The second-order valence-corrected chi connectivity index (χ2v) is 7.39. The van der Waals surface area contributed by atoms with Gasteiger partial charge in [0.2, 0.25) is 11.8 Å². The second-order valence-electron chi connectivity index (χ2n) is 7.39. The molecule has 0 aliphatic heterocycles. The Morgan fingerprint density at radius 1 is 0.690 bits per heavy atom. The van der Waals surface area contributed by atoms with Crippen LogP contribution < -0.4 is 10.9 Å². The lowest BCUT2D eigenvalue weighted by Crippen LogP contribution is -2.27. The van der Waals surface area contributed by atoms with E-state index in [1.165, 1.54) is 11.1 Å². The third kappa shape index (κ3) is 6.38. The number of aryl methyl sites for hydroxylation is 6. The smallest absolute Gasteiger partial charge is 0.249 e. The van der Waals surface area contributed by atoms with Crippen molar-refractivity contribution in [2.75, 3.05) is 0 Å². The van der Waals surface area contributed by atoms with E-state index in [0.29, 0.717) is 0 Å². The number of rotatable bonds is 6. The van der Waals surface area contributed by atoms with Crippen LogP contribution in [-0.2, 0) is 9.59 Å². The second kappa shape index (κ2) is 9.78. The topological polar surface area (TPSA) is 82.9 Å². The molecule has 0 unspecified atom stereocenters. The van der Waals surface area contributed by atoms with Crippen molar-refractivity contribution in [2.24, 2.45) is 10.2 Å². The molecule has 0 saturated carbocycles.